The summed E-state index contributed by atoms with van der Waals surface area (Å²) in [5, 5.41) is 0. The van der Waals surface area contributed by atoms with E-state index in [2.05, 4.69) is 34.1 Å². The van der Waals surface area contributed by atoms with Crippen LogP contribution in [0.3, 0.4) is 0 Å². The lowest BCUT2D eigenvalue weighted by molar-refractivity contribution is 0.318. The van der Waals surface area contributed by atoms with Crippen LogP contribution in [0.2, 0.25) is 0 Å². The van der Waals surface area contributed by atoms with Gasteiger partial charge in [0.25, 0.3) is 0 Å². The molecule has 3 aromatic rings. The van der Waals surface area contributed by atoms with E-state index in [4.69, 9.17) is 9.47 Å². The maximum atomic E-state index is 6.05. The smallest absolute Gasteiger partial charge is 0.127 e. The molecule has 1 fully saturated rings. The number of benzene rings is 3. The molecule has 3 aromatic carbocycles. The first-order chi connectivity index (χ1) is 14.9. The SMILES string of the molecule is c1ccc(Oc2ccc(OCCN3CC4CCCCN4c4ccccc43)cc2)cc1. The third-order valence-electron chi connectivity index (χ3n) is 6.02. The molecular formula is C26H28N2O2. The molecule has 0 saturated carbocycles. The van der Waals surface area contributed by atoms with Crippen molar-refractivity contribution in [2.24, 2.45) is 0 Å². The van der Waals surface area contributed by atoms with Crippen molar-refractivity contribution in [1.29, 1.82) is 0 Å². The molecule has 2 aliphatic heterocycles. The molecule has 0 N–H and O–H groups in total. The normalized spacial score (nSPS) is 17.8. The number of para-hydroxylation sites is 3. The fraction of sp³-hybridized carbons (Fsp3) is 0.308. The molecule has 30 heavy (non-hydrogen) atoms. The predicted octanol–water partition coefficient (Wildman–Crippen LogP) is 5.74. The second-order valence-electron chi connectivity index (χ2n) is 8.01. The Morgan fingerprint density at radius 3 is 2.27 bits per heavy atom. The van der Waals surface area contributed by atoms with Gasteiger partial charge in [0.1, 0.15) is 23.9 Å². The summed E-state index contributed by atoms with van der Waals surface area (Å²) in [6.45, 7) is 3.83. The lowest BCUT2D eigenvalue weighted by Crippen LogP contribution is -2.52. The van der Waals surface area contributed by atoms with E-state index in [9.17, 15) is 0 Å². The van der Waals surface area contributed by atoms with Gasteiger partial charge >= 0.3 is 0 Å². The summed E-state index contributed by atoms with van der Waals surface area (Å²) in [7, 11) is 0. The van der Waals surface area contributed by atoms with Gasteiger partial charge < -0.3 is 19.3 Å². The van der Waals surface area contributed by atoms with E-state index >= 15 is 0 Å². The van der Waals surface area contributed by atoms with Crippen molar-refractivity contribution in [2.45, 2.75) is 25.3 Å². The summed E-state index contributed by atoms with van der Waals surface area (Å²) in [4.78, 5) is 5.11. The van der Waals surface area contributed by atoms with E-state index in [-0.39, 0.29) is 0 Å². The van der Waals surface area contributed by atoms with Crippen molar-refractivity contribution in [3.63, 3.8) is 0 Å². The second kappa shape index (κ2) is 8.70. The zero-order valence-electron chi connectivity index (χ0n) is 17.2. The van der Waals surface area contributed by atoms with Crippen LogP contribution in [0.1, 0.15) is 19.3 Å². The maximum absolute atomic E-state index is 6.05. The third-order valence-corrected chi connectivity index (χ3v) is 6.02. The Morgan fingerprint density at radius 1 is 0.733 bits per heavy atom. The Morgan fingerprint density at radius 2 is 1.43 bits per heavy atom. The number of hydrogen-bond acceptors (Lipinski definition) is 4. The van der Waals surface area contributed by atoms with Crippen molar-refractivity contribution in [3.05, 3.63) is 78.9 Å². The van der Waals surface area contributed by atoms with Gasteiger partial charge in [-0.05, 0) is 67.8 Å². The van der Waals surface area contributed by atoms with Crippen LogP contribution in [-0.2, 0) is 0 Å². The van der Waals surface area contributed by atoms with E-state index in [0.717, 1.165) is 30.3 Å². The fourth-order valence-corrected chi connectivity index (χ4v) is 4.55. The van der Waals surface area contributed by atoms with Gasteiger partial charge in [-0.2, -0.15) is 0 Å². The minimum atomic E-state index is 0.628. The summed E-state index contributed by atoms with van der Waals surface area (Å²) >= 11 is 0. The van der Waals surface area contributed by atoms with Gasteiger partial charge in [0.15, 0.2) is 0 Å². The number of piperidine rings is 1. The second-order valence-corrected chi connectivity index (χ2v) is 8.01. The summed E-state index contributed by atoms with van der Waals surface area (Å²) in [5.41, 5.74) is 2.72. The van der Waals surface area contributed by atoms with Crippen molar-refractivity contribution in [1.82, 2.24) is 0 Å². The Labute approximate surface area is 178 Å². The number of hydrogen-bond donors (Lipinski definition) is 0. The van der Waals surface area contributed by atoms with Crippen molar-refractivity contribution in [2.75, 3.05) is 36.0 Å². The Hall–Kier alpha value is -3.14. The molecule has 0 aromatic heterocycles. The van der Waals surface area contributed by atoms with Gasteiger partial charge in [-0.1, -0.05) is 30.3 Å². The minimum absolute atomic E-state index is 0.628. The lowest BCUT2D eigenvalue weighted by Gasteiger charge is -2.47. The van der Waals surface area contributed by atoms with Crippen LogP contribution in [-0.4, -0.2) is 32.3 Å². The summed E-state index contributed by atoms with van der Waals surface area (Å²) in [6, 6.07) is 27.1. The minimum Gasteiger partial charge on any atom is -0.492 e. The largest absolute Gasteiger partial charge is 0.492 e. The molecule has 5 rings (SSSR count). The Balaban J connectivity index is 1.19. The van der Waals surface area contributed by atoms with Crippen LogP contribution in [0.15, 0.2) is 78.9 Å². The first-order valence-electron chi connectivity index (χ1n) is 10.9. The first kappa shape index (κ1) is 18.9. The maximum Gasteiger partial charge on any atom is 0.127 e. The number of anilines is 2. The average molecular weight is 401 g/mol. The molecule has 4 nitrogen and oxygen atoms in total. The van der Waals surface area contributed by atoms with Crippen LogP contribution in [0.25, 0.3) is 0 Å². The van der Waals surface area contributed by atoms with Crippen LogP contribution < -0.4 is 19.3 Å². The monoisotopic (exact) mass is 400 g/mol. The van der Waals surface area contributed by atoms with Crippen LogP contribution in [0.5, 0.6) is 17.2 Å². The number of nitrogens with zero attached hydrogens (tertiary/aromatic N) is 2. The first-order valence-corrected chi connectivity index (χ1v) is 10.9. The summed E-state index contributed by atoms with van der Waals surface area (Å²) < 4.78 is 11.9. The predicted molar refractivity (Wildman–Crippen MR) is 122 cm³/mol. The van der Waals surface area contributed by atoms with E-state index in [1.165, 1.54) is 37.2 Å². The molecule has 0 bridgehead atoms. The van der Waals surface area contributed by atoms with Crippen LogP contribution >= 0.6 is 0 Å². The zero-order chi connectivity index (χ0) is 20.2. The topological polar surface area (TPSA) is 24.9 Å². The highest BCUT2D eigenvalue weighted by molar-refractivity contribution is 5.74. The van der Waals surface area contributed by atoms with Crippen LogP contribution in [0.4, 0.5) is 11.4 Å². The molecule has 0 spiro atoms. The van der Waals surface area contributed by atoms with E-state index in [1.54, 1.807) is 0 Å². The lowest BCUT2D eigenvalue weighted by atomic mass is 9.97. The fourth-order valence-electron chi connectivity index (χ4n) is 4.55. The van der Waals surface area contributed by atoms with Gasteiger partial charge in [0.2, 0.25) is 0 Å². The van der Waals surface area contributed by atoms with E-state index in [0.29, 0.717) is 12.6 Å². The quantitative estimate of drug-likeness (QED) is 0.527. The summed E-state index contributed by atoms with van der Waals surface area (Å²) in [6.07, 6.45) is 3.93. The number of ether oxygens (including phenoxy) is 2. The van der Waals surface area contributed by atoms with Crippen molar-refractivity contribution in [3.8, 4) is 17.2 Å². The van der Waals surface area contributed by atoms with E-state index in [1.807, 2.05) is 54.6 Å². The van der Waals surface area contributed by atoms with Gasteiger partial charge in [-0.25, -0.2) is 0 Å². The molecule has 2 aliphatic rings. The van der Waals surface area contributed by atoms with Crippen molar-refractivity contribution >= 4 is 11.4 Å². The molecule has 154 valence electrons. The Bertz CT molecular complexity index is 958. The van der Waals surface area contributed by atoms with Gasteiger partial charge in [0, 0.05) is 19.1 Å². The van der Waals surface area contributed by atoms with Gasteiger partial charge in [0.05, 0.1) is 17.9 Å². The number of rotatable bonds is 6. The highest BCUT2D eigenvalue weighted by Crippen LogP contribution is 2.38. The highest BCUT2D eigenvalue weighted by atomic mass is 16.5. The van der Waals surface area contributed by atoms with E-state index < -0.39 is 0 Å². The molecule has 0 amide bonds. The molecule has 4 heteroatoms. The zero-order valence-corrected chi connectivity index (χ0v) is 17.2. The molecule has 2 heterocycles. The standard InChI is InChI=1S/C26H28N2O2/c1-2-9-23(10-3-1)30-24-15-13-22(14-16-24)29-19-18-27-20-21-8-6-7-17-28(21)26-12-5-4-11-25(26)27/h1-5,9-16,21H,6-8,17-20H2. The molecule has 0 aliphatic carbocycles. The molecule has 1 atom stereocenters. The average Bonchev–Trinajstić information content (AvgIpc) is 2.81. The summed E-state index contributed by atoms with van der Waals surface area (Å²) in [5.74, 6) is 2.53. The van der Waals surface area contributed by atoms with Crippen molar-refractivity contribution < 1.29 is 9.47 Å². The van der Waals surface area contributed by atoms with Crippen LogP contribution in [0, 0.1) is 0 Å². The Kier molecular flexibility index (Phi) is 5.47. The molecule has 0 radical (unpaired) electrons. The highest BCUT2D eigenvalue weighted by Gasteiger charge is 2.31. The van der Waals surface area contributed by atoms with Gasteiger partial charge in [-0.3, -0.25) is 0 Å². The molecule has 1 saturated heterocycles. The molecule has 1 unspecified atom stereocenters. The number of fused-ring (bicyclic) bond motifs is 3. The molecular weight excluding hydrogens is 372 g/mol. The third kappa shape index (κ3) is 4.09. The van der Waals surface area contributed by atoms with Gasteiger partial charge in [-0.15, -0.1) is 0 Å².